The molecule has 2 aromatic rings. The molecule has 3 nitrogen and oxygen atoms in total. The van der Waals surface area contributed by atoms with Crippen molar-refractivity contribution in [1.82, 2.24) is 10.3 Å². The second-order valence-corrected chi connectivity index (χ2v) is 4.27. The first-order valence-electron chi connectivity index (χ1n) is 6.29. The number of nitrogens with zero attached hydrogens (tertiary/aromatic N) is 1. The zero-order valence-electron chi connectivity index (χ0n) is 11.1. The quantitative estimate of drug-likeness (QED) is 0.868. The van der Waals surface area contributed by atoms with Crippen molar-refractivity contribution in [2.75, 3.05) is 0 Å². The smallest absolute Gasteiger partial charge is 0.244 e. The van der Waals surface area contributed by atoms with E-state index >= 15 is 0 Å². The van der Waals surface area contributed by atoms with Gasteiger partial charge in [0.2, 0.25) is 5.91 Å². The molecule has 0 aliphatic heterocycles. The van der Waals surface area contributed by atoms with Gasteiger partial charge in [-0.2, -0.15) is 0 Å². The third kappa shape index (κ3) is 3.51. The van der Waals surface area contributed by atoms with Gasteiger partial charge in [-0.3, -0.25) is 9.78 Å². The predicted octanol–water partition coefficient (Wildman–Crippen LogP) is 3.00. The Morgan fingerprint density at radius 2 is 1.75 bits per heavy atom. The molecule has 1 N–H and O–H groups in total. The molecular weight excluding hydrogens is 255 g/mol. The van der Waals surface area contributed by atoms with Gasteiger partial charge in [0.1, 0.15) is 5.82 Å². The number of rotatable bonds is 4. The molecule has 0 aliphatic carbocycles. The number of halogens is 1. The van der Waals surface area contributed by atoms with E-state index in [1.54, 1.807) is 37.5 Å². The van der Waals surface area contributed by atoms with Crippen molar-refractivity contribution in [3.8, 4) is 0 Å². The maximum absolute atomic E-state index is 13.0. The molecule has 1 atom stereocenters. The van der Waals surface area contributed by atoms with Gasteiger partial charge in [-0.1, -0.05) is 18.2 Å². The molecule has 1 amide bonds. The van der Waals surface area contributed by atoms with Gasteiger partial charge >= 0.3 is 0 Å². The van der Waals surface area contributed by atoms with Gasteiger partial charge in [-0.05, 0) is 48.4 Å². The molecule has 0 radical (unpaired) electrons. The van der Waals surface area contributed by atoms with Crippen LogP contribution in [0.4, 0.5) is 4.39 Å². The molecule has 1 aromatic heterocycles. The summed E-state index contributed by atoms with van der Waals surface area (Å²) in [5, 5.41) is 2.89. The molecule has 0 saturated carbocycles. The number of hydrogen-bond acceptors (Lipinski definition) is 2. The van der Waals surface area contributed by atoms with Crippen molar-refractivity contribution in [1.29, 1.82) is 0 Å². The average Bonchev–Trinajstić information content (AvgIpc) is 2.47. The molecule has 20 heavy (non-hydrogen) atoms. The average molecular weight is 270 g/mol. The van der Waals surface area contributed by atoms with Crippen LogP contribution in [0.2, 0.25) is 0 Å². The van der Waals surface area contributed by atoms with Crippen molar-refractivity contribution in [3.05, 3.63) is 77.9 Å². The maximum atomic E-state index is 13.0. The van der Waals surface area contributed by atoms with E-state index < -0.39 is 0 Å². The van der Waals surface area contributed by atoms with Crippen LogP contribution in [0.25, 0.3) is 0 Å². The molecule has 1 unspecified atom stereocenters. The molecule has 0 spiro atoms. The van der Waals surface area contributed by atoms with E-state index in [0.717, 1.165) is 11.1 Å². The molecule has 0 aliphatic rings. The lowest BCUT2D eigenvalue weighted by Crippen LogP contribution is -2.27. The molecule has 1 heterocycles. The number of pyridine rings is 1. The molecule has 0 saturated heterocycles. The van der Waals surface area contributed by atoms with Crippen LogP contribution in [-0.4, -0.2) is 10.9 Å². The first kappa shape index (κ1) is 13.9. The maximum Gasteiger partial charge on any atom is 0.244 e. The summed E-state index contributed by atoms with van der Waals surface area (Å²) < 4.78 is 13.0. The zero-order chi connectivity index (χ0) is 14.4. The van der Waals surface area contributed by atoms with Gasteiger partial charge in [0.15, 0.2) is 0 Å². The number of hydrogen-bond donors (Lipinski definition) is 1. The Morgan fingerprint density at radius 3 is 2.35 bits per heavy atom. The summed E-state index contributed by atoms with van der Waals surface area (Å²) in [5.41, 5.74) is 1.71. The number of carbonyl (C=O) groups is 1. The van der Waals surface area contributed by atoms with Crippen LogP contribution in [0.5, 0.6) is 0 Å². The lowest BCUT2D eigenvalue weighted by atomic mass is 9.99. The summed E-state index contributed by atoms with van der Waals surface area (Å²) in [6, 6.07) is 9.40. The second-order valence-electron chi connectivity index (χ2n) is 4.27. The lowest BCUT2D eigenvalue weighted by molar-refractivity contribution is -0.117. The number of benzene rings is 1. The fourth-order valence-electron chi connectivity index (χ4n) is 1.91. The summed E-state index contributed by atoms with van der Waals surface area (Å²) in [7, 11) is 0. The molecule has 102 valence electrons. The Kier molecular flexibility index (Phi) is 4.60. The lowest BCUT2D eigenvalue weighted by Gasteiger charge is -2.18. The van der Waals surface area contributed by atoms with E-state index in [1.807, 2.05) is 12.1 Å². The second kappa shape index (κ2) is 6.61. The number of nitrogens with one attached hydrogen (secondary N) is 1. The minimum absolute atomic E-state index is 0.196. The van der Waals surface area contributed by atoms with E-state index in [2.05, 4.69) is 10.3 Å². The minimum Gasteiger partial charge on any atom is -0.342 e. The fraction of sp³-hybridized carbons (Fsp3) is 0.125. The van der Waals surface area contributed by atoms with Crippen LogP contribution in [0.15, 0.2) is 60.9 Å². The molecule has 1 aromatic carbocycles. The third-order valence-corrected chi connectivity index (χ3v) is 2.85. The summed E-state index contributed by atoms with van der Waals surface area (Å²) in [4.78, 5) is 15.7. The molecular formula is C16H15FN2O. The molecule has 0 bridgehead atoms. The Labute approximate surface area is 117 Å². The fourth-order valence-corrected chi connectivity index (χ4v) is 1.91. The van der Waals surface area contributed by atoms with Gasteiger partial charge in [-0.15, -0.1) is 0 Å². The van der Waals surface area contributed by atoms with Gasteiger partial charge in [-0.25, -0.2) is 4.39 Å². The van der Waals surface area contributed by atoms with Gasteiger partial charge in [0.05, 0.1) is 6.04 Å². The standard InChI is InChI=1S/C16H15FN2O/c1-2-3-15(20)19-16(13-8-10-18-11-9-13)12-4-6-14(17)7-5-12/h2-11,16H,1H3,(H,19,20)/b3-2+. The van der Waals surface area contributed by atoms with Crippen molar-refractivity contribution in [2.45, 2.75) is 13.0 Å². The Hall–Kier alpha value is -2.49. The summed E-state index contributed by atoms with van der Waals surface area (Å²) in [6.07, 6.45) is 6.45. The summed E-state index contributed by atoms with van der Waals surface area (Å²) in [5.74, 6) is -0.499. The zero-order valence-corrected chi connectivity index (χ0v) is 11.1. The summed E-state index contributed by atoms with van der Waals surface area (Å²) in [6.45, 7) is 1.78. The van der Waals surface area contributed by atoms with Crippen LogP contribution in [0.3, 0.4) is 0 Å². The number of aromatic nitrogens is 1. The highest BCUT2D eigenvalue weighted by molar-refractivity contribution is 5.88. The van der Waals surface area contributed by atoms with Crippen LogP contribution in [0, 0.1) is 5.82 Å². The molecule has 4 heteroatoms. The Morgan fingerprint density at radius 1 is 1.15 bits per heavy atom. The highest BCUT2D eigenvalue weighted by Crippen LogP contribution is 2.21. The molecule has 2 rings (SSSR count). The van der Waals surface area contributed by atoms with Crippen molar-refractivity contribution in [2.24, 2.45) is 0 Å². The largest absolute Gasteiger partial charge is 0.342 e. The van der Waals surface area contributed by atoms with Crippen LogP contribution >= 0.6 is 0 Å². The monoisotopic (exact) mass is 270 g/mol. The number of allylic oxidation sites excluding steroid dienone is 1. The topological polar surface area (TPSA) is 42.0 Å². The Balaban J connectivity index is 2.33. The van der Waals surface area contributed by atoms with E-state index in [4.69, 9.17) is 0 Å². The van der Waals surface area contributed by atoms with Crippen LogP contribution in [-0.2, 0) is 4.79 Å². The highest BCUT2D eigenvalue weighted by atomic mass is 19.1. The van der Waals surface area contributed by atoms with E-state index in [-0.39, 0.29) is 17.8 Å². The predicted molar refractivity (Wildman–Crippen MR) is 75.4 cm³/mol. The Bertz CT molecular complexity index is 594. The highest BCUT2D eigenvalue weighted by Gasteiger charge is 2.15. The SMILES string of the molecule is C/C=C/C(=O)NC(c1ccncc1)c1ccc(F)cc1. The van der Waals surface area contributed by atoms with Crippen LogP contribution < -0.4 is 5.32 Å². The van der Waals surface area contributed by atoms with Gasteiger partial charge in [0.25, 0.3) is 0 Å². The normalized spacial score (nSPS) is 12.3. The van der Waals surface area contributed by atoms with E-state index in [9.17, 15) is 9.18 Å². The minimum atomic E-state index is -0.331. The van der Waals surface area contributed by atoms with Crippen molar-refractivity contribution < 1.29 is 9.18 Å². The van der Waals surface area contributed by atoms with Crippen LogP contribution in [0.1, 0.15) is 24.1 Å². The molecule has 0 fully saturated rings. The van der Waals surface area contributed by atoms with Gasteiger partial charge < -0.3 is 5.32 Å². The number of carbonyl (C=O) groups excluding carboxylic acids is 1. The summed E-state index contributed by atoms with van der Waals surface area (Å²) >= 11 is 0. The van der Waals surface area contributed by atoms with Gasteiger partial charge in [0, 0.05) is 12.4 Å². The van der Waals surface area contributed by atoms with E-state index in [0.29, 0.717) is 0 Å². The van der Waals surface area contributed by atoms with Crippen molar-refractivity contribution in [3.63, 3.8) is 0 Å². The number of amides is 1. The third-order valence-electron chi connectivity index (χ3n) is 2.85. The van der Waals surface area contributed by atoms with Crippen molar-refractivity contribution >= 4 is 5.91 Å². The van der Waals surface area contributed by atoms with E-state index in [1.165, 1.54) is 18.2 Å². The first-order valence-corrected chi connectivity index (χ1v) is 6.29. The first-order chi connectivity index (χ1) is 9.70.